The predicted molar refractivity (Wildman–Crippen MR) is 176 cm³/mol. The van der Waals surface area contributed by atoms with Crippen LogP contribution in [0.5, 0.6) is 0 Å². The van der Waals surface area contributed by atoms with E-state index in [2.05, 4.69) is 20.8 Å². The number of nitrogens with zero attached hydrogens (tertiary/aromatic N) is 4. The van der Waals surface area contributed by atoms with Crippen molar-refractivity contribution in [3.63, 3.8) is 0 Å². The molecule has 1 aromatic heterocycles. The van der Waals surface area contributed by atoms with E-state index in [0.29, 0.717) is 0 Å². The SMILES string of the molecule is CC(C)C(NC(=O)CNC(=O)N1C(=O)CN(Cc2ccccc2)C(=O)C1Cc1ccccc1)C(=O)c1noc(Cc2cccc(C(F)(F)F)c2)n1. The van der Waals surface area contributed by atoms with Crippen molar-refractivity contribution in [2.75, 3.05) is 13.1 Å². The molecule has 0 radical (unpaired) electrons. The van der Waals surface area contributed by atoms with Crippen molar-refractivity contribution in [2.45, 2.75) is 51.5 Å². The van der Waals surface area contributed by atoms with Gasteiger partial charge in [-0.2, -0.15) is 18.2 Å². The van der Waals surface area contributed by atoms with Gasteiger partial charge in [0, 0.05) is 13.0 Å². The van der Waals surface area contributed by atoms with E-state index in [1.807, 2.05) is 30.3 Å². The van der Waals surface area contributed by atoms with Crippen LogP contribution < -0.4 is 10.6 Å². The van der Waals surface area contributed by atoms with Crippen molar-refractivity contribution in [2.24, 2.45) is 5.92 Å². The standard InChI is InChI=1S/C36H35F3N6O6/c1-22(2)31(32(48)33-42-29(51-43-33)18-25-14-9-15-26(16-25)36(37,38)39)41-28(46)19-40-35(50)45-27(17-23-10-5-3-6-11-23)34(49)44(21-30(45)47)20-24-12-7-4-8-13-24/h3-16,22,27,31H,17-21H2,1-2H3,(H,40,50)(H,41,46). The average Bonchev–Trinajstić information content (AvgIpc) is 3.57. The number of piperazine rings is 1. The van der Waals surface area contributed by atoms with E-state index in [1.54, 1.807) is 44.2 Å². The van der Waals surface area contributed by atoms with Crippen LogP contribution in [0.4, 0.5) is 18.0 Å². The van der Waals surface area contributed by atoms with Gasteiger partial charge in [-0.25, -0.2) is 9.69 Å². The molecule has 1 fully saturated rings. The number of halogens is 3. The van der Waals surface area contributed by atoms with Crippen molar-refractivity contribution in [3.05, 3.63) is 119 Å². The molecule has 2 N–H and O–H groups in total. The maximum Gasteiger partial charge on any atom is 0.416 e. The van der Waals surface area contributed by atoms with E-state index in [4.69, 9.17) is 4.52 Å². The highest BCUT2D eigenvalue weighted by Gasteiger charge is 2.43. The Bertz CT molecular complexity index is 1880. The number of nitrogens with one attached hydrogen (secondary N) is 2. The van der Waals surface area contributed by atoms with Crippen molar-refractivity contribution in [3.8, 4) is 0 Å². The smallest absolute Gasteiger partial charge is 0.344 e. The van der Waals surface area contributed by atoms with Crippen molar-refractivity contribution < 1.29 is 41.7 Å². The largest absolute Gasteiger partial charge is 0.416 e. The number of carbonyl (C=O) groups excluding carboxylic acids is 5. The lowest BCUT2D eigenvalue weighted by atomic mass is 9.99. The summed E-state index contributed by atoms with van der Waals surface area (Å²) < 4.78 is 44.4. The summed E-state index contributed by atoms with van der Waals surface area (Å²) in [6, 6.07) is 19.3. The zero-order chi connectivity index (χ0) is 36.7. The Kier molecular flexibility index (Phi) is 11.3. The molecule has 5 rings (SSSR count). The predicted octanol–water partition coefficient (Wildman–Crippen LogP) is 4.19. The molecule has 3 aromatic carbocycles. The normalized spacial score (nSPS) is 15.5. The van der Waals surface area contributed by atoms with E-state index in [-0.39, 0.29) is 43.2 Å². The number of hydrogen-bond acceptors (Lipinski definition) is 8. The maximum absolute atomic E-state index is 13.7. The van der Waals surface area contributed by atoms with Gasteiger partial charge in [-0.15, -0.1) is 0 Å². The summed E-state index contributed by atoms with van der Waals surface area (Å²) in [5.74, 6) is -3.52. The Morgan fingerprint density at radius 1 is 0.922 bits per heavy atom. The number of ketones is 1. The van der Waals surface area contributed by atoms with Gasteiger partial charge in [-0.05, 0) is 28.7 Å². The minimum Gasteiger partial charge on any atom is -0.344 e. The van der Waals surface area contributed by atoms with Crippen LogP contribution in [-0.4, -0.2) is 74.6 Å². The number of rotatable bonds is 12. The molecule has 0 bridgehead atoms. The third kappa shape index (κ3) is 9.23. The second-order valence-electron chi connectivity index (χ2n) is 12.3. The van der Waals surface area contributed by atoms with Gasteiger partial charge in [-0.3, -0.25) is 19.2 Å². The summed E-state index contributed by atoms with van der Waals surface area (Å²) in [5, 5.41) is 8.59. The Morgan fingerprint density at radius 2 is 1.57 bits per heavy atom. The topological polar surface area (TPSA) is 155 Å². The summed E-state index contributed by atoms with van der Waals surface area (Å²) in [5.41, 5.74) is 0.923. The number of Topliss-reactive ketones (excluding diaryl/α,β-unsaturated/α-hetero) is 1. The van der Waals surface area contributed by atoms with Gasteiger partial charge in [-0.1, -0.05) is 97.9 Å². The Morgan fingerprint density at radius 3 is 2.22 bits per heavy atom. The fourth-order valence-electron chi connectivity index (χ4n) is 5.62. The summed E-state index contributed by atoms with van der Waals surface area (Å²) >= 11 is 0. The molecule has 266 valence electrons. The lowest BCUT2D eigenvalue weighted by Gasteiger charge is -2.39. The first-order valence-corrected chi connectivity index (χ1v) is 16.1. The Balaban J connectivity index is 1.23. The second-order valence-corrected chi connectivity index (χ2v) is 12.3. The zero-order valence-electron chi connectivity index (χ0n) is 27.7. The van der Waals surface area contributed by atoms with E-state index in [9.17, 15) is 37.1 Å². The van der Waals surface area contributed by atoms with E-state index >= 15 is 0 Å². The van der Waals surface area contributed by atoms with Crippen LogP contribution in [-0.2, 0) is 39.9 Å². The van der Waals surface area contributed by atoms with Crippen LogP contribution in [0.25, 0.3) is 0 Å². The van der Waals surface area contributed by atoms with Gasteiger partial charge >= 0.3 is 12.2 Å². The van der Waals surface area contributed by atoms with Crippen LogP contribution >= 0.6 is 0 Å². The molecule has 12 nitrogen and oxygen atoms in total. The molecule has 1 saturated heterocycles. The Labute approximate surface area is 291 Å². The molecule has 1 aliphatic rings. The highest BCUT2D eigenvalue weighted by molar-refractivity contribution is 6.05. The van der Waals surface area contributed by atoms with Gasteiger partial charge in [0.1, 0.15) is 12.6 Å². The molecule has 0 aliphatic carbocycles. The third-order valence-electron chi connectivity index (χ3n) is 8.17. The quantitative estimate of drug-likeness (QED) is 0.208. The highest BCUT2D eigenvalue weighted by atomic mass is 19.4. The molecule has 15 heteroatoms. The number of urea groups is 1. The van der Waals surface area contributed by atoms with Crippen molar-refractivity contribution in [1.82, 2.24) is 30.6 Å². The molecular formula is C36H35F3N6O6. The number of aromatic nitrogens is 2. The van der Waals surface area contributed by atoms with Crippen LogP contribution in [0, 0.1) is 5.92 Å². The van der Waals surface area contributed by atoms with Gasteiger partial charge in [0.05, 0.1) is 24.6 Å². The molecule has 2 heterocycles. The molecule has 2 atom stereocenters. The van der Waals surface area contributed by atoms with Crippen LogP contribution in [0.3, 0.4) is 0 Å². The molecular weight excluding hydrogens is 669 g/mol. The molecule has 0 saturated carbocycles. The molecule has 1 aliphatic heterocycles. The number of alkyl halides is 3. The van der Waals surface area contributed by atoms with E-state index in [0.717, 1.165) is 28.2 Å². The molecule has 2 unspecified atom stereocenters. The minimum absolute atomic E-state index is 0.0562. The van der Waals surface area contributed by atoms with E-state index in [1.165, 1.54) is 17.0 Å². The summed E-state index contributed by atoms with van der Waals surface area (Å²) in [7, 11) is 0. The van der Waals surface area contributed by atoms with E-state index < -0.39 is 65.8 Å². The summed E-state index contributed by atoms with van der Waals surface area (Å²) in [4.78, 5) is 73.0. The number of imide groups is 1. The maximum atomic E-state index is 13.7. The van der Waals surface area contributed by atoms with Gasteiger partial charge in [0.25, 0.3) is 5.91 Å². The van der Waals surface area contributed by atoms with Gasteiger partial charge < -0.3 is 20.1 Å². The van der Waals surface area contributed by atoms with Crippen molar-refractivity contribution in [1.29, 1.82) is 0 Å². The number of benzene rings is 3. The fraction of sp³-hybridized carbons (Fsp3) is 0.306. The highest BCUT2D eigenvalue weighted by Crippen LogP contribution is 2.30. The lowest BCUT2D eigenvalue weighted by molar-refractivity contribution is -0.153. The van der Waals surface area contributed by atoms with Gasteiger partial charge in [0.2, 0.25) is 29.3 Å². The van der Waals surface area contributed by atoms with Crippen LogP contribution in [0.1, 0.15) is 52.6 Å². The molecule has 5 amide bonds. The third-order valence-corrected chi connectivity index (χ3v) is 8.17. The number of carbonyl (C=O) groups is 5. The minimum atomic E-state index is -4.54. The molecule has 51 heavy (non-hydrogen) atoms. The van der Waals surface area contributed by atoms with Crippen LogP contribution in [0.2, 0.25) is 0 Å². The first-order chi connectivity index (χ1) is 24.3. The molecule has 4 aromatic rings. The van der Waals surface area contributed by atoms with Gasteiger partial charge in [0.15, 0.2) is 0 Å². The monoisotopic (exact) mass is 704 g/mol. The first-order valence-electron chi connectivity index (χ1n) is 16.1. The average molecular weight is 705 g/mol. The zero-order valence-corrected chi connectivity index (χ0v) is 27.7. The summed E-state index contributed by atoms with van der Waals surface area (Å²) in [6.07, 6.45) is -4.65. The lowest BCUT2D eigenvalue weighted by Crippen LogP contribution is -2.64. The molecule has 0 spiro atoms. The first kappa shape index (κ1) is 36.4. The fourth-order valence-corrected chi connectivity index (χ4v) is 5.62. The second kappa shape index (κ2) is 15.8. The number of hydrogen-bond donors (Lipinski definition) is 2. The van der Waals surface area contributed by atoms with Crippen LogP contribution in [0.15, 0.2) is 89.5 Å². The summed E-state index contributed by atoms with van der Waals surface area (Å²) in [6.45, 7) is 2.50. The Hall–Kier alpha value is -5.86. The number of amides is 5. The van der Waals surface area contributed by atoms with Crippen molar-refractivity contribution >= 4 is 29.5 Å².